The number of alkyl halides is 6. The lowest BCUT2D eigenvalue weighted by Crippen LogP contribution is -2.55. The predicted molar refractivity (Wildman–Crippen MR) is 167 cm³/mol. The lowest BCUT2D eigenvalue weighted by atomic mass is 9.61. The minimum atomic E-state index is -5.08. The number of ether oxygens (including phenoxy) is 2. The highest BCUT2D eigenvalue weighted by molar-refractivity contribution is 5.86. The van der Waals surface area contributed by atoms with Crippen LogP contribution < -0.4 is 0 Å². The molecule has 3 aliphatic carbocycles. The molecule has 2 aliphatic heterocycles. The Morgan fingerprint density at radius 3 is 2.60 bits per heavy atom. The molecule has 7 rings (SSSR count). The summed E-state index contributed by atoms with van der Waals surface area (Å²) in [6.07, 6.45) is -4.85. The Hall–Kier alpha value is -2.68. The van der Waals surface area contributed by atoms with Gasteiger partial charge in [-0.25, -0.2) is 9.78 Å². The number of nitrogens with zero attached hydrogens (tertiary/aromatic N) is 2. The lowest BCUT2D eigenvalue weighted by molar-refractivity contribution is -0.382. The molecule has 50 heavy (non-hydrogen) atoms. The third kappa shape index (κ3) is 6.47. The van der Waals surface area contributed by atoms with Crippen LogP contribution in [0.15, 0.2) is 24.3 Å². The highest BCUT2D eigenvalue weighted by Gasteiger charge is 2.64. The van der Waals surface area contributed by atoms with E-state index in [0.29, 0.717) is 56.1 Å². The van der Waals surface area contributed by atoms with E-state index in [1.165, 1.54) is 17.4 Å². The van der Waals surface area contributed by atoms with Crippen molar-refractivity contribution in [3.63, 3.8) is 0 Å². The molecule has 276 valence electrons. The zero-order valence-electron chi connectivity index (χ0n) is 28.2. The summed E-state index contributed by atoms with van der Waals surface area (Å²) in [5.41, 5.74) is -4.22. The molecule has 14 heteroatoms. The van der Waals surface area contributed by atoms with Crippen molar-refractivity contribution >= 4 is 17.0 Å². The molecule has 2 spiro atoms. The zero-order valence-corrected chi connectivity index (χ0v) is 28.2. The van der Waals surface area contributed by atoms with Crippen LogP contribution in [0.2, 0.25) is 0 Å². The standard InChI is InChI=1S/C36H44F6N2O6/c1-3-22-16-21-14-20(2)15-23(17-21)34(22)48-33(49-50-34)12-7-8-24(19-33)47-32(46)44-13-5-4-11-28(44)31(45)26-18-29(36(40,41)42)43-30-25(26)9-6-10-27(30)35(37,38)39/h6,9-10,18,20-24,28,31,45H,3-5,7-8,11-17,19H2,1-2H3/t20?,21?,22?,23?,24?,28?,31-,33?,34?/m0/s1. The van der Waals surface area contributed by atoms with Crippen molar-refractivity contribution in [3.05, 3.63) is 41.1 Å². The van der Waals surface area contributed by atoms with Crippen molar-refractivity contribution in [2.45, 2.75) is 133 Å². The first-order valence-corrected chi connectivity index (χ1v) is 17.9. The first-order valence-electron chi connectivity index (χ1n) is 17.9. The van der Waals surface area contributed by atoms with Gasteiger partial charge >= 0.3 is 18.4 Å². The van der Waals surface area contributed by atoms with Gasteiger partial charge in [0.25, 0.3) is 0 Å². The molecule has 5 aliphatic rings. The Kier molecular flexibility index (Phi) is 9.33. The second-order valence-electron chi connectivity index (χ2n) is 15.2. The molecule has 3 saturated carbocycles. The van der Waals surface area contributed by atoms with Crippen molar-refractivity contribution in [1.82, 2.24) is 9.88 Å². The number of hydrogen-bond acceptors (Lipinski definition) is 7. The average molecular weight is 715 g/mol. The van der Waals surface area contributed by atoms with Crippen LogP contribution in [0.5, 0.6) is 0 Å². The third-order valence-electron chi connectivity index (χ3n) is 11.8. The Morgan fingerprint density at radius 2 is 1.86 bits per heavy atom. The molecule has 1 N–H and O–H groups in total. The topological polar surface area (TPSA) is 90.4 Å². The summed E-state index contributed by atoms with van der Waals surface area (Å²) < 4.78 is 96.2. The number of carbonyl (C=O) groups is 1. The minimum Gasteiger partial charge on any atom is -0.446 e. The molecule has 2 bridgehead atoms. The predicted octanol–water partition coefficient (Wildman–Crippen LogP) is 9.09. The number of likely N-dealkylation sites (tertiary alicyclic amines) is 1. The van der Waals surface area contributed by atoms with Crippen LogP contribution in [-0.2, 0) is 31.6 Å². The minimum absolute atomic E-state index is 0.153. The summed E-state index contributed by atoms with van der Waals surface area (Å²) in [5, 5.41) is 11.3. The summed E-state index contributed by atoms with van der Waals surface area (Å²) in [6, 6.07) is 2.44. The number of hydrogen-bond donors (Lipinski definition) is 1. The van der Waals surface area contributed by atoms with E-state index in [1.807, 2.05) is 0 Å². The average Bonchev–Trinajstić information content (AvgIpc) is 3.43. The van der Waals surface area contributed by atoms with Crippen LogP contribution in [0.3, 0.4) is 0 Å². The van der Waals surface area contributed by atoms with Crippen molar-refractivity contribution in [2.24, 2.45) is 23.7 Å². The summed E-state index contributed by atoms with van der Waals surface area (Å²) in [5.74, 6) is -0.393. The second-order valence-corrected chi connectivity index (χ2v) is 15.2. The third-order valence-corrected chi connectivity index (χ3v) is 11.8. The number of aliphatic hydroxyl groups excluding tert-OH is 1. The van der Waals surface area contributed by atoms with E-state index < -0.39 is 65.0 Å². The number of aliphatic hydroxyl groups is 1. The zero-order chi connectivity index (χ0) is 35.6. The Morgan fingerprint density at radius 1 is 1.06 bits per heavy atom. The molecule has 2 saturated heterocycles. The highest BCUT2D eigenvalue weighted by Crippen LogP contribution is 2.59. The van der Waals surface area contributed by atoms with Gasteiger partial charge in [0, 0.05) is 36.6 Å². The number of benzene rings is 1. The van der Waals surface area contributed by atoms with E-state index in [2.05, 4.69) is 18.8 Å². The van der Waals surface area contributed by atoms with Crippen molar-refractivity contribution in [1.29, 1.82) is 0 Å². The van der Waals surface area contributed by atoms with E-state index in [1.54, 1.807) is 0 Å². The molecule has 5 fully saturated rings. The number of amides is 1. The van der Waals surface area contributed by atoms with Gasteiger partial charge in [-0.3, -0.25) is 0 Å². The van der Waals surface area contributed by atoms with E-state index in [4.69, 9.17) is 19.2 Å². The molecule has 1 aromatic heterocycles. The second kappa shape index (κ2) is 13.1. The number of aromatic nitrogens is 1. The van der Waals surface area contributed by atoms with Gasteiger partial charge in [-0.2, -0.15) is 36.1 Å². The molecular formula is C36H44F6N2O6. The van der Waals surface area contributed by atoms with E-state index in [-0.39, 0.29) is 42.2 Å². The van der Waals surface area contributed by atoms with Crippen LogP contribution >= 0.6 is 0 Å². The largest absolute Gasteiger partial charge is 0.446 e. The van der Waals surface area contributed by atoms with Crippen LogP contribution in [-0.4, -0.2) is 51.3 Å². The molecule has 8 nitrogen and oxygen atoms in total. The van der Waals surface area contributed by atoms with Gasteiger partial charge in [0.05, 0.1) is 17.1 Å². The number of para-hydroxylation sites is 1. The molecule has 1 aromatic carbocycles. The SMILES string of the molecule is CCC1CC2CC(C)CC(C2)C12OOC1(CCCC(OC(=O)N3CCCCC3[C@@H](O)c3cc(C(F)(F)F)nc4c(C(F)(F)F)cccc34)C1)O2. The molecule has 3 heterocycles. The first kappa shape index (κ1) is 35.7. The molecule has 1 amide bonds. The fourth-order valence-corrected chi connectivity index (χ4v) is 9.63. The van der Waals surface area contributed by atoms with Gasteiger partial charge in [0.15, 0.2) is 0 Å². The van der Waals surface area contributed by atoms with Crippen LogP contribution in [0.25, 0.3) is 10.9 Å². The fraction of sp³-hybridized carbons (Fsp3) is 0.722. The van der Waals surface area contributed by atoms with E-state index >= 15 is 0 Å². The van der Waals surface area contributed by atoms with Gasteiger partial charge in [0.2, 0.25) is 11.6 Å². The van der Waals surface area contributed by atoms with Gasteiger partial charge in [-0.15, -0.1) is 0 Å². The van der Waals surface area contributed by atoms with Gasteiger partial charge < -0.3 is 19.5 Å². The Bertz CT molecular complexity index is 1590. The summed E-state index contributed by atoms with van der Waals surface area (Å²) in [6.45, 7) is 4.55. The Labute approximate surface area is 286 Å². The maximum atomic E-state index is 13.9. The summed E-state index contributed by atoms with van der Waals surface area (Å²) >= 11 is 0. The number of piperidine rings is 1. The molecular weight excluding hydrogens is 670 g/mol. The Balaban J connectivity index is 1.11. The molecule has 2 aromatic rings. The molecule has 9 atom stereocenters. The maximum absolute atomic E-state index is 13.9. The van der Waals surface area contributed by atoms with Crippen LogP contribution in [0.1, 0.15) is 114 Å². The quantitative estimate of drug-likeness (QED) is 0.250. The number of fused-ring (bicyclic) bond motifs is 4. The molecule has 8 unspecified atom stereocenters. The monoisotopic (exact) mass is 714 g/mol. The van der Waals surface area contributed by atoms with Crippen LogP contribution in [0, 0.1) is 23.7 Å². The smallest absolute Gasteiger partial charge is 0.433 e. The maximum Gasteiger partial charge on any atom is 0.433 e. The number of halogens is 6. The highest BCUT2D eigenvalue weighted by atomic mass is 19.4. The summed E-state index contributed by atoms with van der Waals surface area (Å²) in [4.78, 5) is 30.7. The fourth-order valence-electron chi connectivity index (χ4n) is 9.63. The van der Waals surface area contributed by atoms with Crippen molar-refractivity contribution < 1.29 is 55.5 Å². The van der Waals surface area contributed by atoms with Crippen LogP contribution in [0.4, 0.5) is 31.1 Å². The first-order chi connectivity index (χ1) is 23.6. The van der Waals surface area contributed by atoms with Gasteiger partial charge in [0.1, 0.15) is 17.9 Å². The van der Waals surface area contributed by atoms with Crippen molar-refractivity contribution in [2.75, 3.05) is 6.54 Å². The lowest BCUT2D eigenvalue weighted by Gasteiger charge is -2.51. The van der Waals surface area contributed by atoms with Crippen molar-refractivity contribution in [3.8, 4) is 0 Å². The number of carbonyl (C=O) groups excluding carboxylic acids is 1. The van der Waals surface area contributed by atoms with E-state index in [9.17, 15) is 36.2 Å². The normalized spacial score (nSPS) is 35.5. The molecule has 0 radical (unpaired) electrons. The van der Waals surface area contributed by atoms with Gasteiger partial charge in [-0.1, -0.05) is 26.0 Å². The van der Waals surface area contributed by atoms with E-state index in [0.717, 1.165) is 31.7 Å². The number of rotatable bonds is 4. The summed E-state index contributed by atoms with van der Waals surface area (Å²) in [7, 11) is 0. The number of pyridine rings is 1. The van der Waals surface area contributed by atoms with Gasteiger partial charge in [-0.05, 0) is 93.7 Å².